The molecule has 0 fully saturated rings. The number of nitrogens with zero attached hydrogens (tertiary/aromatic N) is 1. The van der Waals surface area contributed by atoms with Crippen LogP contribution in [0.3, 0.4) is 0 Å². The van der Waals surface area contributed by atoms with Crippen molar-refractivity contribution >= 4 is 40.7 Å². The number of hydrogen-bond acceptors (Lipinski definition) is 6. The molecule has 0 saturated heterocycles. The Labute approximate surface area is 187 Å². The van der Waals surface area contributed by atoms with Crippen molar-refractivity contribution in [1.82, 2.24) is 4.57 Å². The first-order chi connectivity index (χ1) is 15.4. The Kier molecular flexibility index (Phi) is 5.79. The monoisotopic (exact) mass is 447 g/mol. The molecule has 4 rings (SSSR count). The van der Waals surface area contributed by atoms with Gasteiger partial charge in [0.05, 0.1) is 28.2 Å². The summed E-state index contributed by atoms with van der Waals surface area (Å²) in [6, 6.07) is 18.3. The van der Waals surface area contributed by atoms with Gasteiger partial charge in [0.25, 0.3) is 5.56 Å². The van der Waals surface area contributed by atoms with Crippen molar-refractivity contribution in [1.29, 1.82) is 0 Å². The molecule has 0 unspecified atom stereocenters. The molecule has 2 aromatic carbocycles. The van der Waals surface area contributed by atoms with Crippen molar-refractivity contribution in [3.8, 4) is 0 Å². The Hall–Kier alpha value is -3.91. The number of benzene rings is 2. The van der Waals surface area contributed by atoms with Crippen LogP contribution in [-0.4, -0.2) is 23.1 Å². The number of esters is 1. The number of aromatic nitrogens is 1. The summed E-state index contributed by atoms with van der Waals surface area (Å²) in [6.45, 7) is 1.82. The lowest BCUT2D eigenvalue weighted by Gasteiger charge is -2.26. The fraction of sp³-hybridized carbons (Fsp3) is 0.125. The maximum atomic E-state index is 13.3. The van der Waals surface area contributed by atoms with E-state index < -0.39 is 23.4 Å². The van der Waals surface area contributed by atoms with E-state index in [0.29, 0.717) is 14.8 Å². The van der Waals surface area contributed by atoms with Crippen LogP contribution in [0.15, 0.2) is 71.0 Å². The van der Waals surface area contributed by atoms with Crippen LogP contribution in [0.5, 0.6) is 0 Å². The Morgan fingerprint density at radius 1 is 1.06 bits per heavy atom. The average molecular weight is 448 g/mol. The minimum Gasteiger partial charge on any atom is -0.463 e. The molecule has 2 heterocycles. The molecular weight excluding hydrogens is 426 g/mol. The summed E-state index contributed by atoms with van der Waals surface area (Å²) in [7, 11) is 0. The van der Waals surface area contributed by atoms with Gasteiger partial charge < -0.3 is 16.2 Å². The molecule has 0 aliphatic carbocycles. The maximum absolute atomic E-state index is 13.3. The highest BCUT2D eigenvalue weighted by Gasteiger charge is 2.38. The van der Waals surface area contributed by atoms with E-state index in [4.69, 9.17) is 16.2 Å². The molecule has 1 amide bonds. The van der Waals surface area contributed by atoms with E-state index in [1.807, 2.05) is 36.4 Å². The van der Waals surface area contributed by atoms with E-state index in [1.165, 1.54) is 4.57 Å². The molecule has 8 heteroatoms. The minimum atomic E-state index is -0.852. The van der Waals surface area contributed by atoms with Crippen molar-refractivity contribution in [2.45, 2.75) is 12.8 Å². The van der Waals surface area contributed by atoms with Crippen molar-refractivity contribution in [3.05, 3.63) is 96.9 Å². The van der Waals surface area contributed by atoms with Crippen LogP contribution in [0.2, 0.25) is 0 Å². The van der Waals surface area contributed by atoms with Crippen molar-refractivity contribution < 1.29 is 14.3 Å². The molecule has 32 heavy (non-hydrogen) atoms. The second-order valence-corrected chi connectivity index (χ2v) is 8.14. The molecule has 0 spiro atoms. The van der Waals surface area contributed by atoms with E-state index in [9.17, 15) is 14.4 Å². The van der Waals surface area contributed by atoms with Crippen molar-refractivity contribution in [2.75, 3.05) is 6.61 Å². The second-order valence-electron chi connectivity index (χ2n) is 7.11. The molecule has 1 aliphatic heterocycles. The number of nitrogens with two attached hydrogens (primary N) is 2. The molecular formula is C24H21N3O4S. The number of carbonyl (C=O) groups is 2. The van der Waals surface area contributed by atoms with Gasteiger partial charge in [0.15, 0.2) is 0 Å². The SMILES string of the molecule is CCOC(=O)C1=c2sc(=Cc3ccccc3)c(=O)n2C(N)=C(C(N)=O)[C@@H]1c1ccccc1. The van der Waals surface area contributed by atoms with E-state index in [2.05, 4.69) is 0 Å². The van der Waals surface area contributed by atoms with Crippen LogP contribution in [0.4, 0.5) is 0 Å². The van der Waals surface area contributed by atoms with Gasteiger partial charge in [0.1, 0.15) is 10.5 Å². The molecule has 1 aromatic heterocycles. The first kappa shape index (κ1) is 21.3. The lowest BCUT2D eigenvalue weighted by atomic mass is 9.83. The third-order valence-corrected chi connectivity index (χ3v) is 6.25. The van der Waals surface area contributed by atoms with Gasteiger partial charge in [-0.25, -0.2) is 4.79 Å². The smallest absolute Gasteiger partial charge is 0.337 e. The molecule has 0 radical (unpaired) electrons. The number of amides is 1. The fourth-order valence-corrected chi connectivity index (χ4v) is 4.95. The van der Waals surface area contributed by atoms with Crippen molar-refractivity contribution in [3.63, 3.8) is 0 Å². The van der Waals surface area contributed by atoms with E-state index in [1.54, 1.807) is 37.3 Å². The summed E-state index contributed by atoms with van der Waals surface area (Å²) < 4.78 is 7.19. The third-order valence-electron chi connectivity index (χ3n) is 5.14. The van der Waals surface area contributed by atoms with Crippen LogP contribution in [-0.2, 0) is 14.3 Å². The molecule has 1 aliphatic rings. The number of fused-ring (bicyclic) bond motifs is 1. The van der Waals surface area contributed by atoms with Crippen LogP contribution >= 0.6 is 11.3 Å². The van der Waals surface area contributed by atoms with E-state index in [-0.39, 0.29) is 23.6 Å². The van der Waals surface area contributed by atoms with Gasteiger partial charge in [-0.05, 0) is 24.1 Å². The van der Waals surface area contributed by atoms with Gasteiger partial charge in [0.2, 0.25) is 5.91 Å². The Morgan fingerprint density at radius 2 is 1.69 bits per heavy atom. The highest BCUT2D eigenvalue weighted by molar-refractivity contribution is 7.07. The maximum Gasteiger partial charge on any atom is 0.337 e. The van der Waals surface area contributed by atoms with Gasteiger partial charge in [0, 0.05) is 0 Å². The van der Waals surface area contributed by atoms with Crippen LogP contribution in [0, 0.1) is 0 Å². The van der Waals surface area contributed by atoms with Crippen LogP contribution in [0.1, 0.15) is 24.0 Å². The molecule has 1 atom stereocenters. The third kappa shape index (κ3) is 3.65. The van der Waals surface area contributed by atoms with Gasteiger partial charge in [-0.15, -0.1) is 11.3 Å². The molecule has 4 N–H and O–H groups in total. The summed E-state index contributed by atoms with van der Waals surface area (Å²) in [5.41, 5.74) is 13.2. The normalized spacial score (nSPS) is 16.1. The minimum absolute atomic E-state index is 0.0158. The van der Waals surface area contributed by atoms with Gasteiger partial charge in [-0.3, -0.25) is 14.2 Å². The Morgan fingerprint density at radius 3 is 2.28 bits per heavy atom. The summed E-state index contributed by atoms with van der Waals surface area (Å²) >= 11 is 1.13. The average Bonchev–Trinajstić information content (AvgIpc) is 3.10. The molecule has 0 saturated carbocycles. The number of primary amides is 1. The number of thiazole rings is 1. The summed E-state index contributed by atoms with van der Waals surface area (Å²) in [5, 5.41) is 0. The number of hydrogen-bond donors (Lipinski definition) is 2. The largest absolute Gasteiger partial charge is 0.463 e. The molecule has 3 aromatic rings. The second kappa shape index (κ2) is 8.68. The number of rotatable bonds is 5. The molecule has 162 valence electrons. The lowest BCUT2D eigenvalue weighted by molar-refractivity contribution is -0.136. The van der Waals surface area contributed by atoms with Gasteiger partial charge >= 0.3 is 5.97 Å². The van der Waals surface area contributed by atoms with E-state index >= 15 is 0 Å². The van der Waals surface area contributed by atoms with Gasteiger partial charge in [-0.2, -0.15) is 0 Å². The highest BCUT2D eigenvalue weighted by Crippen LogP contribution is 2.36. The van der Waals surface area contributed by atoms with Crippen LogP contribution < -0.4 is 26.2 Å². The first-order valence-electron chi connectivity index (χ1n) is 9.98. The summed E-state index contributed by atoms with van der Waals surface area (Å²) in [4.78, 5) is 38.9. The summed E-state index contributed by atoms with van der Waals surface area (Å²) in [6.07, 6.45) is 1.72. The van der Waals surface area contributed by atoms with E-state index in [0.717, 1.165) is 16.9 Å². The fourth-order valence-electron chi connectivity index (χ4n) is 3.78. The van der Waals surface area contributed by atoms with Gasteiger partial charge in [-0.1, -0.05) is 60.7 Å². The Balaban J connectivity index is 2.13. The van der Waals surface area contributed by atoms with Crippen LogP contribution in [0.25, 0.3) is 17.5 Å². The number of carbonyl (C=O) groups excluding carboxylic acids is 2. The topological polar surface area (TPSA) is 117 Å². The Bertz CT molecular complexity index is 1400. The molecule has 7 nitrogen and oxygen atoms in total. The number of ether oxygens (including phenoxy) is 1. The molecule has 0 bridgehead atoms. The van der Waals surface area contributed by atoms with Crippen molar-refractivity contribution in [2.24, 2.45) is 11.5 Å². The zero-order chi connectivity index (χ0) is 22.8. The standard InChI is InChI=1S/C24H21N3O4S/c1-2-31-24(30)19-17(15-11-7-4-8-12-15)18(21(26)28)20(25)27-22(29)16(32-23(19)27)13-14-9-5-3-6-10-14/h3-13,17H,2,25H2,1H3,(H2,26,28)/t17-/m0/s1. The first-order valence-corrected chi connectivity index (χ1v) is 10.8. The predicted molar refractivity (Wildman–Crippen MR) is 124 cm³/mol. The lowest BCUT2D eigenvalue weighted by Crippen LogP contribution is -2.42. The zero-order valence-electron chi connectivity index (χ0n) is 17.3. The highest BCUT2D eigenvalue weighted by atomic mass is 32.1. The quantitative estimate of drug-likeness (QED) is 0.563. The predicted octanol–water partition coefficient (Wildman–Crippen LogP) is 0.862. The zero-order valence-corrected chi connectivity index (χ0v) is 18.1. The summed E-state index contributed by atoms with van der Waals surface area (Å²) in [5.74, 6) is -2.37.